The van der Waals surface area contributed by atoms with E-state index in [1.807, 2.05) is 31.2 Å². The number of nitrogens with two attached hydrogens (primary N) is 1. The van der Waals surface area contributed by atoms with E-state index in [1.165, 1.54) is 17.7 Å². The molecule has 0 amide bonds. The molecule has 1 aromatic heterocycles. The number of hydrogen-bond acceptors (Lipinski definition) is 3. The maximum Gasteiger partial charge on any atom is 0.181 e. The molecular weight excluding hydrogens is 267 g/mol. The molecule has 21 heavy (non-hydrogen) atoms. The molecule has 0 saturated carbocycles. The Bertz CT molecular complexity index is 732. The van der Waals surface area contributed by atoms with Crippen molar-refractivity contribution in [1.82, 2.24) is 15.2 Å². The number of aryl methyl sites for hydroxylation is 1. The molecule has 0 aliphatic heterocycles. The molecular formula is C16H15FN4. The lowest BCUT2D eigenvalue weighted by molar-refractivity contribution is 0.626. The van der Waals surface area contributed by atoms with Gasteiger partial charge in [-0.3, -0.25) is 5.10 Å². The lowest BCUT2D eigenvalue weighted by atomic mass is 10.1. The van der Waals surface area contributed by atoms with E-state index in [2.05, 4.69) is 15.2 Å². The largest absolute Gasteiger partial charge is 0.318 e. The summed E-state index contributed by atoms with van der Waals surface area (Å²) in [5.74, 6) is 0.864. The first-order valence-electron chi connectivity index (χ1n) is 6.64. The number of aromatic amines is 1. The van der Waals surface area contributed by atoms with Gasteiger partial charge in [0, 0.05) is 5.56 Å². The normalized spacial score (nSPS) is 12.3. The zero-order chi connectivity index (χ0) is 14.8. The summed E-state index contributed by atoms with van der Waals surface area (Å²) < 4.78 is 12.9. The maximum atomic E-state index is 12.9. The van der Waals surface area contributed by atoms with Crippen LogP contribution >= 0.6 is 0 Å². The first-order chi connectivity index (χ1) is 10.1. The van der Waals surface area contributed by atoms with Crippen molar-refractivity contribution in [1.29, 1.82) is 0 Å². The van der Waals surface area contributed by atoms with Gasteiger partial charge in [-0.25, -0.2) is 9.37 Å². The summed E-state index contributed by atoms with van der Waals surface area (Å²) >= 11 is 0. The molecule has 3 N–H and O–H groups in total. The number of H-pyrrole nitrogens is 1. The molecule has 2 aromatic carbocycles. The summed E-state index contributed by atoms with van der Waals surface area (Å²) in [5.41, 5.74) is 9.01. The minimum Gasteiger partial charge on any atom is -0.318 e. The van der Waals surface area contributed by atoms with Gasteiger partial charge in [0.25, 0.3) is 0 Å². The van der Waals surface area contributed by atoms with Gasteiger partial charge in [-0.2, -0.15) is 5.10 Å². The molecule has 0 unspecified atom stereocenters. The van der Waals surface area contributed by atoms with Gasteiger partial charge in [-0.05, 0) is 24.6 Å². The molecule has 5 heteroatoms. The standard InChI is InChI=1S/C16H15FN4/c1-10-2-4-12(5-3-10)15-19-16(21-20-15)14(18)11-6-8-13(17)9-7-11/h2-9,14H,18H2,1H3,(H,19,20,21)/t14-/m1/s1. The maximum absolute atomic E-state index is 12.9. The summed E-state index contributed by atoms with van der Waals surface area (Å²) in [5, 5.41) is 7.04. The molecule has 4 nitrogen and oxygen atoms in total. The monoisotopic (exact) mass is 282 g/mol. The van der Waals surface area contributed by atoms with Crippen molar-refractivity contribution in [2.75, 3.05) is 0 Å². The van der Waals surface area contributed by atoms with Crippen molar-refractivity contribution in [2.24, 2.45) is 5.73 Å². The summed E-state index contributed by atoms with van der Waals surface area (Å²) in [4.78, 5) is 4.42. The third-order valence-electron chi connectivity index (χ3n) is 3.34. The van der Waals surface area contributed by atoms with Crippen molar-refractivity contribution >= 4 is 0 Å². The molecule has 0 spiro atoms. The van der Waals surface area contributed by atoms with E-state index in [4.69, 9.17) is 5.73 Å². The number of nitrogens with zero attached hydrogens (tertiary/aromatic N) is 2. The molecule has 0 bridgehead atoms. The van der Waals surface area contributed by atoms with Crippen LogP contribution in [0.1, 0.15) is 23.0 Å². The SMILES string of the molecule is Cc1ccc(-c2n[nH]c([C@H](N)c3ccc(F)cc3)n2)cc1. The Morgan fingerprint density at radius 1 is 1.05 bits per heavy atom. The summed E-state index contributed by atoms with van der Waals surface area (Å²) in [6.45, 7) is 2.03. The predicted octanol–water partition coefficient (Wildman–Crippen LogP) is 2.97. The highest BCUT2D eigenvalue weighted by Crippen LogP contribution is 2.20. The Morgan fingerprint density at radius 3 is 2.38 bits per heavy atom. The Hall–Kier alpha value is -2.53. The number of halogens is 1. The van der Waals surface area contributed by atoms with E-state index in [0.717, 1.165) is 11.1 Å². The minimum atomic E-state index is -0.461. The number of aromatic nitrogens is 3. The van der Waals surface area contributed by atoms with Crippen LogP contribution in [0.5, 0.6) is 0 Å². The van der Waals surface area contributed by atoms with Crippen molar-refractivity contribution < 1.29 is 4.39 Å². The first-order valence-corrected chi connectivity index (χ1v) is 6.64. The average Bonchev–Trinajstić information content (AvgIpc) is 2.98. The summed E-state index contributed by atoms with van der Waals surface area (Å²) in [6.07, 6.45) is 0. The Kier molecular flexibility index (Phi) is 3.50. The number of nitrogens with one attached hydrogen (secondary N) is 1. The average molecular weight is 282 g/mol. The van der Waals surface area contributed by atoms with Gasteiger partial charge in [0.15, 0.2) is 5.82 Å². The number of rotatable bonds is 3. The van der Waals surface area contributed by atoms with E-state index >= 15 is 0 Å². The Labute approximate surface area is 121 Å². The second-order valence-corrected chi connectivity index (χ2v) is 4.94. The fourth-order valence-corrected chi connectivity index (χ4v) is 2.07. The second kappa shape index (κ2) is 5.46. The third-order valence-corrected chi connectivity index (χ3v) is 3.34. The van der Waals surface area contributed by atoms with Gasteiger partial charge in [0.2, 0.25) is 0 Å². The highest BCUT2D eigenvalue weighted by atomic mass is 19.1. The second-order valence-electron chi connectivity index (χ2n) is 4.94. The van der Waals surface area contributed by atoms with Gasteiger partial charge < -0.3 is 5.73 Å². The van der Waals surface area contributed by atoms with Gasteiger partial charge in [0.05, 0.1) is 6.04 Å². The van der Waals surface area contributed by atoms with E-state index < -0.39 is 6.04 Å². The minimum absolute atomic E-state index is 0.288. The zero-order valence-electron chi connectivity index (χ0n) is 11.5. The van der Waals surface area contributed by atoms with Crippen LogP contribution in [0.4, 0.5) is 4.39 Å². The van der Waals surface area contributed by atoms with Crippen LogP contribution in [0.3, 0.4) is 0 Å². The topological polar surface area (TPSA) is 67.6 Å². The fourth-order valence-electron chi connectivity index (χ4n) is 2.07. The number of benzene rings is 2. The molecule has 106 valence electrons. The highest BCUT2D eigenvalue weighted by molar-refractivity contribution is 5.55. The van der Waals surface area contributed by atoms with E-state index in [-0.39, 0.29) is 5.82 Å². The van der Waals surface area contributed by atoms with E-state index in [0.29, 0.717) is 11.6 Å². The first kappa shape index (κ1) is 13.5. The Balaban J connectivity index is 1.87. The molecule has 0 aliphatic carbocycles. The summed E-state index contributed by atoms with van der Waals surface area (Å²) in [7, 11) is 0. The molecule has 3 rings (SSSR count). The van der Waals surface area contributed by atoms with Gasteiger partial charge in [-0.1, -0.05) is 42.0 Å². The fraction of sp³-hybridized carbons (Fsp3) is 0.125. The molecule has 0 aliphatic rings. The smallest absolute Gasteiger partial charge is 0.181 e. The van der Waals surface area contributed by atoms with Crippen LogP contribution in [0, 0.1) is 12.7 Å². The van der Waals surface area contributed by atoms with Crippen molar-refractivity contribution in [3.05, 3.63) is 71.3 Å². The van der Waals surface area contributed by atoms with Crippen molar-refractivity contribution in [3.63, 3.8) is 0 Å². The lowest BCUT2D eigenvalue weighted by Crippen LogP contribution is -2.13. The molecule has 1 heterocycles. The van der Waals surface area contributed by atoms with Crippen LogP contribution < -0.4 is 5.73 Å². The molecule has 0 radical (unpaired) electrons. The van der Waals surface area contributed by atoms with E-state index in [9.17, 15) is 4.39 Å². The van der Waals surface area contributed by atoms with Crippen molar-refractivity contribution in [2.45, 2.75) is 13.0 Å². The third kappa shape index (κ3) is 2.83. The molecule has 0 saturated heterocycles. The number of hydrogen-bond donors (Lipinski definition) is 2. The summed E-state index contributed by atoms with van der Waals surface area (Å²) in [6, 6.07) is 13.5. The lowest BCUT2D eigenvalue weighted by Gasteiger charge is -2.07. The highest BCUT2D eigenvalue weighted by Gasteiger charge is 2.14. The molecule has 0 fully saturated rings. The van der Waals surface area contributed by atoms with Crippen LogP contribution in [-0.2, 0) is 0 Å². The predicted molar refractivity (Wildman–Crippen MR) is 79.0 cm³/mol. The van der Waals surface area contributed by atoms with Gasteiger partial charge >= 0.3 is 0 Å². The molecule has 3 aromatic rings. The van der Waals surface area contributed by atoms with Crippen LogP contribution in [0.2, 0.25) is 0 Å². The van der Waals surface area contributed by atoms with Crippen LogP contribution in [-0.4, -0.2) is 15.2 Å². The molecule has 1 atom stereocenters. The quantitative estimate of drug-likeness (QED) is 0.776. The van der Waals surface area contributed by atoms with Gasteiger partial charge in [-0.15, -0.1) is 0 Å². The Morgan fingerprint density at radius 2 is 1.71 bits per heavy atom. The van der Waals surface area contributed by atoms with Crippen LogP contribution in [0.15, 0.2) is 48.5 Å². The van der Waals surface area contributed by atoms with E-state index in [1.54, 1.807) is 12.1 Å². The van der Waals surface area contributed by atoms with Crippen LogP contribution in [0.25, 0.3) is 11.4 Å². The van der Waals surface area contributed by atoms with Crippen molar-refractivity contribution in [3.8, 4) is 11.4 Å². The zero-order valence-corrected chi connectivity index (χ0v) is 11.5. The van der Waals surface area contributed by atoms with Gasteiger partial charge in [0.1, 0.15) is 11.6 Å².